The number of hydrogen-bond donors (Lipinski definition) is 2. The number of fused-ring (bicyclic) bond motifs is 1. The molecule has 4 heteroatoms. The molecule has 19 heavy (non-hydrogen) atoms. The van der Waals surface area contributed by atoms with Gasteiger partial charge in [0.05, 0.1) is 5.52 Å². The third kappa shape index (κ3) is 3.29. The van der Waals surface area contributed by atoms with Crippen molar-refractivity contribution in [3.63, 3.8) is 0 Å². The van der Waals surface area contributed by atoms with Gasteiger partial charge in [0.25, 0.3) is 0 Å². The maximum absolute atomic E-state index is 11.1. The second-order valence-corrected chi connectivity index (χ2v) is 4.55. The lowest BCUT2D eigenvalue weighted by Crippen LogP contribution is -2.36. The zero-order valence-corrected chi connectivity index (χ0v) is 11.0. The summed E-state index contributed by atoms with van der Waals surface area (Å²) in [5.41, 5.74) is 1.96. The fourth-order valence-electron chi connectivity index (χ4n) is 2.14. The second kappa shape index (κ2) is 6.29. The quantitative estimate of drug-likeness (QED) is 0.836. The number of carboxylic acids is 1. The van der Waals surface area contributed by atoms with E-state index < -0.39 is 12.0 Å². The molecular weight excluding hydrogens is 240 g/mol. The van der Waals surface area contributed by atoms with Gasteiger partial charge in [0.15, 0.2) is 0 Å². The first kappa shape index (κ1) is 13.5. The summed E-state index contributed by atoms with van der Waals surface area (Å²) < 4.78 is 0. The van der Waals surface area contributed by atoms with E-state index >= 15 is 0 Å². The van der Waals surface area contributed by atoms with Crippen LogP contribution in [0.2, 0.25) is 0 Å². The highest BCUT2D eigenvalue weighted by atomic mass is 16.4. The normalized spacial score (nSPS) is 12.5. The molecule has 1 heterocycles. The molecule has 0 bridgehead atoms. The van der Waals surface area contributed by atoms with E-state index in [9.17, 15) is 4.79 Å². The fraction of sp³-hybridized carbons (Fsp3) is 0.333. The Hall–Kier alpha value is -1.94. The predicted molar refractivity (Wildman–Crippen MR) is 74.9 cm³/mol. The van der Waals surface area contributed by atoms with Crippen molar-refractivity contribution in [2.75, 3.05) is 0 Å². The number of aliphatic carboxylic acids is 1. The summed E-state index contributed by atoms with van der Waals surface area (Å²) >= 11 is 0. The van der Waals surface area contributed by atoms with Crippen molar-refractivity contribution in [3.8, 4) is 0 Å². The average molecular weight is 258 g/mol. The lowest BCUT2D eigenvalue weighted by molar-refractivity contribution is -0.139. The maximum atomic E-state index is 11.1. The molecule has 0 spiro atoms. The van der Waals surface area contributed by atoms with E-state index in [1.807, 2.05) is 37.3 Å². The van der Waals surface area contributed by atoms with E-state index in [0.29, 0.717) is 13.0 Å². The monoisotopic (exact) mass is 258 g/mol. The molecule has 1 aromatic carbocycles. The molecule has 100 valence electrons. The Labute approximate surface area is 112 Å². The Morgan fingerprint density at radius 1 is 1.37 bits per heavy atom. The van der Waals surface area contributed by atoms with E-state index in [1.165, 1.54) is 0 Å². The van der Waals surface area contributed by atoms with Gasteiger partial charge in [-0.1, -0.05) is 37.6 Å². The van der Waals surface area contributed by atoms with Gasteiger partial charge in [-0.05, 0) is 18.1 Å². The van der Waals surface area contributed by atoms with Crippen LogP contribution in [0.4, 0.5) is 0 Å². The molecule has 0 radical (unpaired) electrons. The van der Waals surface area contributed by atoms with Crippen LogP contribution in [0.5, 0.6) is 0 Å². The molecule has 0 amide bonds. The number of rotatable bonds is 6. The van der Waals surface area contributed by atoms with Gasteiger partial charge in [-0.25, -0.2) is 0 Å². The van der Waals surface area contributed by atoms with Gasteiger partial charge in [0.2, 0.25) is 0 Å². The summed E-state index contributed by atoms with van der Waals surface area (Å²) in [5.74, 6) is -0.796. The summed E-state index contributed by atoms with van der Waals surface area (Å²) in [6.07, 6.45) is 3.23. The van der Waals surface area contributed by atoms with Crippen LogP contribution in [-0.4, -0.2) is 22.1 Å². The SMILES string of the molecule is CCCC(NCc1cccc2cccnc12)C(=O)O. The van der Waals surface area contributed by atoms with Gasteiger partial charge in [-0.15, -0.1) is 0 Å². The van der Waals surface area contributed by atoms with Crippen LogP contribution < -0.4 is 5.32 Å². The lowest BCUT2D eigenvalue weighted by atomic mass is 10.1. The van der Waals surface area contributed by atoms with Crippen molar-refractivity contribution < 1.29 is 9.90 Å². The molecule has 0 aliphatic carbocycles. The van der Waals surface area contributed by atoms with Gasteiger partial charge in [-0.2, -0.15) is 0 Å². The predicted octanol–water partition coefficient (Wildman–Crippen LogP) is 2.58. The maximum Gasteiger partial charge on any atom is 0.320 e. The highest BCUT2D eigenvalue weighted by Crippen LogP contribution is 2.16. The molecule has 2 rings (SSSR count). The largest absolute Gasteiger partial charge is 0.480 e. The summed E-state index contributed by atoms with van der Waals surface area (Å²) in [4.78, 5) is 15.5. The minimum absolute atomic E-state index is 0.496. The minimum atomic E-state index is -0.796. The molecule has 4 nitrogen and oxygen atoms in total. The molecule has 0 saturated heterocycles. The summed E-state index contributed by atoms with van der Waals surface area (Å²) in [5, 5.41) is 13.3. The molecule has 1 unspecified atom stereocenters. The molecular formula is C15H18N2O2. The van der Waals surface area contributed by atoms with Crippen molar-refractivity contribution in [1.29, 1.82) is 0 Å². The molecule has 0 fully saturated rings. The zero-order valence-electron chi connectivity index (χ0n) is 11.0. The lowest BCUT2D eigenvalue weighted by Gasteiger charge is -2.14. The van der Waals surface area contributed by atoms with Crippen LogP contribution in [0.25, 0.3) is 10.9 Å². The first-order chi connectivity index (χ1) is 9.22. The smallest absolute Gasteiger partial charge is 0.320 e. The Bertz CT molecular complexity index is 564. The number of nitrogens with zero attached hydrogens (tertiary/aromatic N) is 1. The summed E-state index contributed by atoms with van der Waals surface area (Å²) in [7, 11) is 0. The number of nitrogens with one attached hydrogen (secondary N) is 1. The van der Waals surface area contributed by atoms with Gasteiger partial charge < -0.3 is 10.4 Å². The Morgan fingerprint density at radius 3 is 2.89 bits per heavy atom. The number of carbonyl (C=O) groups is 1. The molecule has 0 saturated carbocycles. The highest BCUT2D eigenvalue weighted by Gasteiger charge is 2.15. The zero-order chi connectivity index (χ0) is 13.7. The van der Waals surface area contributed by atoms with Crippen LogP contribution in [0, 0.1) is 0 Å². The number of aromatic nitrogens is 1. The van der Waals surface area contributed by atoms with Crippen LogP contribution >= 0.6 is 0 Å². The Morgan fingerprint density at radius 2 is 2.16 bits per heavy atom. The van der Waals surface area contributed by atoms with Crippen molar-refractivity contribution in [2.24, 2.45) is 0 Å². The van der Waals surface area contributed by atoms with Crippen LogP contribution in [-0.2, 0) is 11.3 Å². The van der Waals surface area contributed by atoms with E-state index in [4.69, 9.17) is 5.11 Å². The van der Waals surface area contributed by atoms with E-state index in [1.54, 1.807) is 6.20 Å². The van der Waals surface area contributed by atoms with Gasteiger partial charge in [-0.3, -0.25) is 9.78 Å². The number of carboxylic acid groups (broad SMARTS) is 1. The van der Waals surface area contributed by atoms with E-state index in [2.05, 4.69) is 10.3 Å². The van der Waals surface area contributed by atoms with Crippen molar-refractivity contribution in [3.05, 3.63) is 42.1 Å². The molecule has 2 aromatic rings. The topological polar surface area (TPSA) is 62.2 Å². The number of hydrogen-bond acceptors (Lipinski definition) is 3. The molecule has 0 aliphatic heterocycles. The highest BCUT2D eigenvalue weighted by molar-refractivity contribution is 5.81. The molecule has 2 N–H and O–H groups in total. The van der Waals surface area contributed by atoms with Gasteiger partial charge in [0.1, 0.15) is 6.04 Å². The van der Waals surface area contributed by atoms with Crippen molar-refractivity contribution >= 4 is 16.9 Å². The van der Waals surface area contributed by atoms with Crippen LogP contribution in [0.15, 0.2) is 36.5 Å². The Kier molecular flexibility index (Phi) is 4.47. The average Bonchev–Trinajstić information content (AvgIpc) is 2.43. The van der Waals surface area contributed by atoms with Gasteiger partial charge >= 0.3 is 5.97 Å². The minimum Gasteiger partial charge on any atom is -0.480 e. The van der Waals surface area contributed by atoms with E-state index in [-0.39, 0.29) is 0 Å². The summed E-state index contributed by atoms with van der Waals surface area (Å²) in [6, 6.07) is 9.36. The number of para-hydroxylation sites is 1. The van der Waals surface area contributed by atoms with Crippen molar-refractivity contribution in [2.45, 2.75) is 32.4 Å². The van der Waals surface area contributed by atoms with Gasteiger partial charge in [0, 0.05) is 18.1 Å². The third-order valence-electron chi connectivity index (χ3n) is 3.13. The first-order valence-electron chi connectivity index (χ1n) is 6.51. The summed E-state index contributed by atoms with van der Waals surface area (Å²) in [6.45, 7) is 2.50. The molecule has 0 aliphatic rings. The van der Waals surface area contributed by atoms with E-state index in [0.717, 1.165) is 22.9 Å². The number of benzene rings is 1. The van der Waals surface area contributed by atoms with Crippen LogP contribution in [0.3, 0.4) is 0 Å². The third-order valence-corrected chi connectivity index (χ3v) is 3.13. The second-order valence-electron chi connectivity index (χ2n) is 4.55. The molecule has 1 aromatic heterocycles. The fourth-order valence-corrected chi connectivity index (χ4v) is 2.14. The van der Waals surface area contributed by atoms with Crippen LogP contribution in [0.1, 0.15) is 25.3 Å². The first-order valence-corrected chi connectivity index (χ1v) is 6.51. The molecule has 1 atom stereocenters. The number of pyridine rings is 1. The standard InChI is InChI=1S/C15H18N2O2/c1-2-5-13(15(18)19)17-10-12-7-3-6-11-8-4-9-16-14(11)12/h3-4,6-9,13,17H,2,5,10H2,1H3,(H,18,19). The van der Waals surface area contributed by atoms with Crippen molar-refractivity contribution in [1.82, 2.24) is 10.3 Å². The Balaban J connectivity index is 2.15.